The molecule has 4 nitrogen and oxygen atoms in total. The maximum Gasteiger partial charge on any atom is 0.0541 e. The van der Waals surface area contributed by atoms with Crippen LogP contribution in [0.5, 0.6) is 0 Å². The maximum absolute atomic E-state index is 8.01. The third-order valence-electron chi connectivity index (χ3n) is 0.920. The molecule has 10 heavy (non-hydrogen) atoms. The van der Waals surface area contributed by atoms with Gasteiger partial charge in [-0.2, -0.15) is 0 Å². The minimum Gasteiger partial charge on any atom is -0.294 e. The van der Waals surface area contributed by atoms with E-state index >= 15 is 0 Å². The fraction of sp³-hybridized carbons (Fsp3) is 0.833. The van der Waals surface area contributed by atoms with E-state index in [1.165, 1.54) is 0 Å². The van der Waals surface area contributed by atoms with Crippen molar-refractivity contribution in [1.29, 1.82) is 0 Å². The largest absolute Gasteiger partial charge is 0.294 e. The molecule has 0 saturated heterocycles. The van der Waals surface area contributed by atoms with Crippen LogP contribution in [-0.4, -0.2) is 18.3 Å². The van der Waals surface area contributed by atoms with Gasteiger partial charge in [-0.1, -0.05) is 12.0 Å². The average Bonchev–Trinajstić information content (AvgIpc) is 1.85. The second-order valence-electron chi connectivity index (χ2n) is 2.34. The van der Waals surface area contributed by atoms with Crippen molar-refractivity contribution in [1.82, 2.24) is 0 Å². The first-order valence-electron chi connectivity index (χ1n) is 3.18. The predicted octanol–water partition coefficient (Wildman–Crippen LogP) is 2.17. The first-order chi connectivity index (χ1) is 4.66. The van der Waals surface area contributed by atoms with Crippen molar-refractivity contribution in [3.05, 3.63) is 10.4 Å². The van der Waals surface area contributed by atoms with E-state index in [1.54, 1.807) is 0 Å². The molecule has 0 rings (SSSR count). The highest BCUT2D eigenvalue weighted by Crippen LogP contribution is 1.90. The number of hydrogen-bond acceptors (Lipinski definition) is 2. The molecule has 0 aromatic heterocycles. The zero-order valence-corrected chi connectivity index (χ0v) is 6.57. The fourth-order valence-electron chi connectivity index (χ4n) is 0.439. The summed E-state index contributed by atoms with van der Waals surface area (Å²) in [5.74, 6) is 0. The van der Waals surface area contributed by atoms with Crippen LogP contribution in [0.3, 0.4) is 0 Å². The first kappa shape index (κ1) is 8.98. The molecular formula is C6H12N4. The van der Waals surface area contributed by atoms with Gasteiger partial charge in [-0.05, 0) is 19.4 Å². The lowest BCUT2D eigenvalue weighted by Gasteiger charge is -1.97. The van der Waals surface area contributed by atoms with Crippen LogP contribution in [0.1, 0.15) is 20.8 Å². The van der Waals surface area contributed by atoms with Gasteiger partial charge in [0, 0.05) is 17.2 Å². The number of hydrogen-bond donors (Lipinski definition) is 0. The lowest BCUT2D eigenvalue weighted by Crippen LogP contribution is -2.02. The van der Waals surface area contributed by atoms with Gasteiger partial charge in [0.2, 0.25) is 0 Å². The van der Waals surface area contributed by atoms with E-state index in [-0.39, 0.29) is 6.04 Å². The summed E-state index contributed by atoms with van der Waals surface area (Å²) in [7, 11) is 0. The van der Waals surface area contributed by atoms with Gasteiger partial charge in [0.05, 0.1) is 6.04 Å². The molecule has 0 saturated carbocycles. The zero-order chi connectivity index (χ0) is 7.98. The predicted molar refractivity (Wildman–Crippen MR) is 42.3 cm³/mol. The van der Waals surface area contributed by atoms with Gasteiger partial charge < -0.3 is 0 Å². The molecule has 0 amide bonds. The third kappa shape index (κ3) is 5.12. The van der Waals surface area contributed by atoms with Crippen molar-refractivity contribution in [2.75, 3.05) is 6.54 Å². The number of aliphatic imine (C=N–C) groups is 1. The molecule has 0 aromatic rings. The van der Waals surface area contributed by atoms with Crippen molar-refractivity contribution < 1.29 is 0 Å². The van der Waals surface area contributed by atoms with Gasteiger partial charge in [-0.3, -0.25) is 4.99 Å². The van der Waals surface area contributed by atoms with Gasteiger partial charge in [0.15, 0.2) is 0 Å². The molecule has 0 aliphatic rings. The SMILES string of the molecule is CC(C)=NCC(C)N=[N+]=[N-]. The van der Waals surface area contributed by atoms with Crippen molar-refractivity contribution in [3.8, 4) is 0 Å². The molecule has 0 bridgehead atoms. The Morgan fingerprint density at radius 1 is 1.60 bits per heavy atom. The van der Waals surface area contributed by atoms with E-state index in [4.69, 9.17) is 5.53 Å². The molecule has 0 aliphatic heterocycles. The van der Waals surface area contributed by atoms with E-state index in [2.05, 4.69) is 15.0 Å². The number of nitrogens with zero attached hydrogens (tertiary/aromatic N) is 4. The Labute approximate surface area is 60.6 Å². The van der Waals surface area contributed by atoms with E-state index in [0.717, 1.165) is 5.71 Å². The Morgan fingerprint density at radius 3 is 2.60 bits per heavy atom. The molecule has 1 atom stereocenters. The monoisotopic (exact) mass is 140 g/mol. The topological polar surface area (TPSA) is 61.1 Å². The third-order valence-corrected chi connectivity index (χ3v) is 0.920. The van der Waals surface area contributed by atoms with Crippen LogP contribution in [0.15, 0.2) is 10.1 Å². The standard InChI is InChI=1S/C6H12N4/c1-5(2)8-4-6(3)9-10-7/h6H,4H2,1-3H3. The smallest absolute Gasteiger partial charge is 0.0541 e. The molecule has 0 heterocycles. The second kappa shape index (κ2) is 4.82. The van der Waals surface area contributed by atoms with Gasteiger partial charge in [0.1, 0.15) is 0 Å². The van der Waals surface area contributed by atoms with E-state index in [0.29, 0.717) is 6.54 Å². The minimum absolute atomic E-state index is 0.0279. The summed E-state index contributed by atoms with van der Waals surface area (Å²) in [4.78, 5) is 6.76. The lowest BCUT2D eigenvalue weighted by atomic mass is 10.3. The quantitative estimate of drug-likeness (QED) is 0.249. The summed E-state index contributed by atoms with van der Waals surface area (Å²) in [6.45, 7) is 6.27. The molecule has 0 aromatic carbocycles. The Balaban J connectivity index is 3.69. The highest BCUT2D eigenvalue weighted by Gasteiger charge is 1.93. The van der Waals surface area contributed by atoms with Gasteiger partial charge in [-0.25, -0.2) is 0 Å². The van der Waals surface area contributed by atoms with Crippen LogP contribution in [0.2, 0.25) is 0 Å². The summed E-state index contributed by atoms with van der Waals surface area (Å²) >= 11 is 0. The summed E-state index contributed by atoms with van der Waals surface area (Å²) in [5, 5.41) is 3.47. The van der Waals surface area contributed by atoms with Crippen molar-refractivity contribution in [3.63, 3.8) is 0 Å². The highest BCUT2D eigenvalue weighted by molar-refractivity contribution is 5.79. The van der Waals surface area contributed by atoms with E-state index < -0.39 is 0 Å². The van der Waals surface area contributed by atoms with Crippen LogP contribution in [0, 0.1) is 0 Å². The summed E-state index contributed by atoms with van der Waals surface area (Å²) in [5.41, 5.74) is 9.03. The van der Waals surface area contributed by atoms with Gasteiger partial charge in [0.25, 0.3) is 0 Å². The van der Waals surface area contributed by atoms with Crippen LogP contribution in [0.4, 0.5) is 0 Å². The summed E-state index contributed by atoms with van der Waals surface area (Å²) in [6.07, 6.45) is 0. The Kier molecular flexibility index (Phi) is 4.33. The Morgan fingerprint density at radius 2 is 2.20 bits per heavy atom. The number of azide groups is 1. The second-order valence-corrected chi connectivity index (χ2v) is 2.34. The van der Waals surface area contributed by atoms with Crippen molar-refractivity contribution in [2.24, 2.45) is 10.1 Å². The minimum atomic E-state index is -0.0279. The Hall–Kier alpha value is -1.02. The van der Waals surface area contributed by atoms with Crippen LogP contribution < -0.4 is 0 Å². The highest BCUT2D eigenvalue weighted by atomic mass is 15.1. The molecule has 0 fully saturated rings. The fourth-order valence-corrected chi connectivity index (χ4v) is 0.439. The molecule has 1 unspecified atom stereocenters. The van der Waals surface area contributed by atoms with E-state index in [1.807, 2.05) is 20.8 Å². The molecule has 0 radical (unpaired) electrons. The summed E-state index contributed by atoms with van der Waals surface area (Å²) in [6, 6.07) is -0.0279. The Bertz CT molecular complexity index is 163. The van der Waals surface area contributed by atoms with Crippen LogP contribution >= 0.6 is 0 Å². The normalized spacial score (nSPS) is 11.5. The average molecular weight is 140 g/mol. The maximum atomic E-state index is 8.01. The molecule has 56 valence electrons. The van der Waals surface area contributed by atoms with E-state index in [9.17, 15) is 0 Å². The molecular weight excluding hydrogens is 128 g/mol. The summed E-state index contributed by atoms with van der Waals surface area (Å²) < 4.78 is 0. The van der Waals surface area contributed by atoms with Crippen LogP contribution in [0.25, 0.3) is 10.4 Å². The molecule has 0 spiro atoms. The van der Waals surface area contributed by atoms with Gasteiger partial charge >= 0.3 is 0 Å². The molecule has 4 heteroatoms. The van der Waals surface area contributed by atoms with Crippen molar-refractivity contribution in [2.45, 2.75) is 26.8 Å². The van der Waals surface area contributed by atoms with Crippen molar-refractivity contribution >= 4 is 5.71 Å². The van der Waals surface area contributed by atoms with Crippen LogP contribution in [-0.2, 0) is 0 Å². The molecule has 0 N–H and O–H groups in total. The number of rotatable bonds is 3. The molecule has 0 aliphatic carbocycles. The zero-order valence-electron chi connectivity index (χ0n) is 6.57. The first-order valence-corrected chi connectivity index (χ1v) is 3.18. The lowest BCUT2D eigenvalue weighted by molar-refractivity contribution is 0.746. The van der Waals surface area contributed by atoms with Gasteiger partial charge in [-0.15, -0.1) is 0 Å².